The van der Waals surface area contributed by atoms with E-state index in [2.05, 4.69) is 23.2 Å². The molecule has 2 nitrogen and oxygen atoms in total. The average Bonchev–Trinajstić information content (AvgIpc) is 2.05. The zero-order chi connectivity index (χ0) is 7.40. The summed E-state index contributed by atoms with van der Waals surface area (Å²) < 4.78 is 0. The van der Waals surface area contributed by atoms with Crippen LogP contribution in [0, 0.1) is 0 Å². The second kappa shape index (κ2) is 3.30. The van der Waals surface area contributed by atoms with Crippen molar-refractivity contribution in [3.8, 4) is 0 Å². The number of allylic oxidation sites excluding steroid dienone is 3. The van der Waals surface area contributed by atoms with Crippen LogP contribution in [0.4, 0.5) is 0 Å². The van der Waals surface area contributed by atoms with Gasteiger partial charge in [0.15, 0.2) is 0 Å². The molecule has 0 aliphatic carbocycles. The predicted octanol–water partition coefficient (Wildman–Crippen LogP) is 3.04. The molecule has 1 aliphatic rings. The number of hydrogen-bond acceptors (Lipinski definition) is 2. The quantitative estimate of drug-likeness (QED) is 0.529. The van der Waals surface area contributed by atoms with Gasteiger partial charge in [0.1, 0.15) is 0 Å². The van der Waals surface area contributed by atoms with Crippen LogP contribution in [-0.2, 0) is 0 Å². The lowest BCUT2D eigenvalue weighted by Crippen LogP contribution is -1.84. The lowest BCUT2D eigenvalue weighted by molar-refractivity contribution is 0.899. The maximum Gasteiger partial charge on any atom is 0.0626 e. The van der Waals surface area contributed by atoms with E-state index in [1.54, 1.807) is 0 Å². The maximum atomic E-state index is 4.02. The Hall–Kier alpha value is -0.920. The average molecular weight is 136 g/mol. The summed E-state index contributed by atoms with van der Waals surface area (Å²) in [4.78, 5) is 0. The first-order chi connectivity index (χ1) is 4.86. The number of azo groups is 1. The molecule has 1 aliphatic heterocycles. The normalized spacial score (nSPS) is 21.4. The molecule has 54 valence electrons. The molecule has 1 rings (SSSR count). The van der Waals surface area contributed by atoms with Crippen LogP contribution in [0.2, 0.25) is 0 Å². The van der Waals surface area contributed by atoms with Gasteiger partial charge in [0.25, 0.3) is 0 Å². The molecule has 2 heteroatoms. The van der Waals surface area contributed by atoms with Crippen LogP contribution < -0.4 is 0 Å². The Kier molecular flexibility index (Phi) is 2.37. The monoisotopic (exact) mass is 136 g/mol. The van der Waals surface area contributed by atoms with Crippen molar-refractivity contribution < 1.29 is 0 Å². The standard InChI is InChI=1S/C8H12N2/c1-3-7-5-6-8(4-2)10-9-7/h3,6H,4-5H2,1-2H3/b7-3-. The molecule has 0 unspecified atom stereocenters. The molecule has 0 saturated carbocycles. The molecule has 0 radical (unpaired) electrons. The minimum Gasteiger partial charge on any atom is -0.156 e. The van der Waals surface area contributed by atoms with Gasteiger partial charge in [-0.3, -0.25) is 0 Å². The molecular formula is C8H12N2. The molecule has 0 aromatic heterocycles. The van der Waals surface area contributed by atoms with E-state index in [0.29, 0.717) is 0 Å². The van der Waals surface area contributed by atoms with Crippen LogP contribution in [0.1, 0.15) is 26.7 Å². The molecular weight excluding hydrogens is 124 g/mol. The van der Waals surface area contributed by atoms with Crippen LogP contribution in [-0.4, -0.2) is 0 Å². The summed E-state index contributed by atoms with van der Waals surface area (Å²) in [6, 6.07) is 0. The summed E-state index contributed by atoms with van der Waals surface area (Å²) in [6.45, 7) is 4.07. The molecule has 0 N–H and O–H groups in total. The van der Waals surface area contributed by atoms with Crippen molar-refractivity contribution >= 4 is 0 Å². The zero-order valence-corrected chi connectivity index (χ0v) is 6.46. The Balaban J connectivity index is 2.63. The van der Waals surface area contributed by atoms with E-state index >= 15 is 0 Å². The van der Waals surface area contributed by atoms with Gasteiger partial charge < -0.3 is 0 Å². The Morgan fingerprint density at radius 3 is 2.80 bits per heavy atom. The minimum absolute atomic E-state index is 0.948. The SMILES string of the molecule is C/C=C1/CC=C(CC)N=N1. The van der Waals surface area contributed by atoms with Gasteiger partial charge >= 0.3 is 0 Å². The third-order valence-electron chi connectivity index (χ3n) is 1.55. The highest BCUT2D eigenvalue weighted by atomic mass is 15.1. The van der Waals surface area contributed by atoms with Crippen LogP contribution in [0.15, 0.2) is 33.8 Å². The van der Waals surface area contributed by atoms with E-state index in [-0.39, 0.29) is 0 Å². The third kappa shape index (κ3) is 1.53. The predicted molar refractivity (Wildman–Crippen MR) is 41.6 cm³/mol. The highest BCUT2D eigenvalue weighted by Crippen LogP contribution is 2.17. The Morgan fingerprint density at radius 1 is 1.60 bits per heavy atom. The van der Waals surface area contributed by atoms with E-state index in [1.807, 2.05) is 13.0 Å². The van der Waals surface area contributed by atoms with Crippen molar-refractivity contribution in [1.29, 1.82) is 0 Å². The zero-order valence-electron chi connectivity index (χ0n) is 6.46. The van der Waals surface area contributed by atoms with Gasteiger partial charge in [-0.15, -0.1) is 0 Å². The lowest BCUT2D eigenvalue weighted by atomic mass is 10.2. The molecule has 0 fully saturated rings. The van der Waals surface area contributed by atoms with E-state index in [4.69, 9.17) is 0 Å². The molecule has 0 amide bonds. The van der Waals surface area contributed by atoms with Gasteiger partial charge in [0.05, 0.1) is 11.4 Å². The molecule has 0 bridgehead atoms. The molecule has 0 spiro atoms. The highest BCUT2D eigenvalue weighted by molar-refractivity contribution is 5.13. The number of rotatable bonds is 1. The van der Waals surface area contributed by atoms with Gasteiger partial charge in [0, 0.05) is 6.42 Å². The van der Waals surface area contributed by atoms with Gasteiger partial charge in [-0.1, -0.05) is 19.1 Å². The molecule has 0 atom stereocenters. The van der Waals surface area contributed by atoms with Crippen molar-refractivity contribution in [3.05, 3.63) is 23.5 Å². The van der Waals surface area contributed by atoms with Gasteiger partial charge in [-0.05, 0) is 13.3 Å². The summed E-state index contributed by atoms with van der Waals surface area (Å²) in [7, 11) is 0. The molecule has 0 aromatic carbocycles. The fraction of sp³-hybridized carbons (Fsp3) is 0.500. The summed E-state index contributed by atoms with van der Waals surface area (Å²) in [5.74, 6) is 0. The lowest BCUT2D eigenvalue weighted by Gasteiger charge is -2.03. The van der Waals surface area contributed by atoms with Crippen molar-refractivity contribution in [2.75, 3.05) is 0 Å². The minimum atomic E-state index is 0.948. The Bertz CT molecular complexity index is 199. The topological polar surface area (TPSA) is 24.7 Å². The summed E-state index contributed by atoms with van der Waals surface area (Å²) in [6.07, 6.45) is 6.05. The Morgan fingerprint density at radius 2 is 2.40 bits per heavy atom. The molecule has 0 aromatic rings. The fourth-order valence-electron chi connectivity index (χ4n) is 0.823. The summed E-state index contributed by atoms with van der Waals surface area (Å²) >= 11 is 0. The maximum absolute atomic E-state index is 4.02. The smallest absolute Gasteiger partial charge is 0.0626 e. The van der Waals surface area contributed by atoms with Gasteiger partial charge in [0.2, 0.25) is 0 Å². The fourth-order valence-corrected chi connectivity index (χ4v) is 0.823. The van der Waals surface area contributed by atoms with Crippen molar-refractivity contribution in [3.63, 3.8) is 0 Å². The Labute approximate surface area is 61.4 Å². The van der Waals surface area contributed by atoms with E-state index in [1.165, 1.54) is 0 Å². The number of nitrogens with zero attached hydrogens (tertiary/aromatic N) is 2. The highest BCUT2D eigenvalue weighted by Gasteiger charge is 1.99. The van der Waals surface area contributed by atoms with Gasteiger partial charge in [-0.2, -0.15) is 10.2 Å². The number of hydrogen-bond donors (Lipinski definition) is 0. The van der Waals surface area contributed by atoms with E-state index in [0.717, 1.165) is 24.2 Å². The van der Waals surface area contributed by atoms with Crippen LogP contribution in [0.5, 0.6) is 0 Å². The van der Waals surface area contributed by atoms with E-state index < -0.39 is 0 Å². The second-order valence-electron chi connectivity index (χ2n) is 2.23. The van der Waals surface area contributed by atoms with Crippen molar-refractivity contribution in [2.24, 2.45) is 10.2 Å². The first-order valence-electron chi connectivity index (χ1n) is 3.62. The van der Waals surface area contributed by atoms with Crippen molar-refractivity contribution in [1.82, 2.24) is 0 Å². The molecule has 1 heterocycles. The van der Waals surface area contributed by atoms with Crippen LogP contribution >= 0.6 is 0 Å². The first-order valence-corrected chi connectivity index (χ1v) is 3.62. The van der Waals surface area contributed by atoms with Crippen LogP contribution in [0.3, 0.4) is 0 Å². The van der Waals surface area contributed by atoms with E-state index in [9.17, 15) is 0 Å². The largest absolute Gasteiger partial charge is 0.156 e. The summed E-state index contributed by atoms with van der Waals surface area (Å²) in [5, 5.41) is 8.04. The van der Waals surface area contributed by atoms with Crippen LogP contribution in [0.25, 0.3) is 0 Å². The first kappa shape index (κ1) is 7.19. The van der Waals surface area contributed by atoms with Gasteiger partial charge in [-0.25, -0.2) is 0 Å². The van der Waals surface area contributed by atoms with Crippen molar-refractivity contribution in [2.45, 2.75) is 26.7 Å². The second-order valence-corrected chi connectivity index (χ2v) is 2.23. The molecule has 0 saturated heterocycles. The summed E-state index contributed by atoms with van der Waals surface area (Å²) in [5.41, 5.74) is 2.17. The molecule has 10 heavy (non-hydrogen) atoms. The third-order valence-corrected chi connectivity index (χ3v) is 1.55.